The van der Waals surface area contributed by atoms with E-state index in [2.05, 4.69) is 10.0 Å². The zero-order chi connectivity index (χ0) is 16.1. The molecule has 1 amide bonds. The zero-order valence-corrected chi connectivity index (χ0v) is 13.0. The molecule has 0 aliphatic carbocycles. The van der Waals surface area contributed by atoms with Gasteiger partial charge in [0.1, 0.15) is 0 Å². The van der Waals surface area contributed by atoms with E-state index in [0.717, 1.165) is 5.56 Å². The van der Waals surface area contributed by atoms with Gasteiger partial charge in [0.15, 0.2) is 0 Å². The minimum absolute atomic E-state index is 0.130. The minimum Gasteiger partial charge on any atom is -0.465 e. The van der Waals surface area contributed by atoms with Crippen molar-refractivity contribution in [1.29, 1.82) is 0 Å². The highest BCUT2D eigenvalue weighted by Crippen LogP contribution is 2.33. The van der Waals surface area contributed by atoms with Crippen molar-refractivity contribution in [3.63, 3.8) is 0 Å². The minimum atomic E-state index is -1.02. The normalized spacial score (nSPS) is 21.8. The fourth-order valence-electron chi connectivity index (χ4n) is 2.42. The van der Waals surface area contributed by atoms with Crippen LogP contribution in [0.25, 0.3) is 10.4 Å². The number of ether oxygens (including phenoxy) is 1. The number of nitrogens with zero attached hydrogens (tertiary/aromatic N) is 4. The molecule has 1 heterocycles. The Morgan fingerprint density at radius 2 is 2.27 bits per heavy atom. The molecule has 1 aromatic rings. The number of hydrogen-bond acceptors (Lipinski definition) is 3. The Hall–Kier alpha value is -1.66. The van der Waals surface area contributed by atoms with Gasteiger partial charge in [-0.2, -0.15) is 0 Å². The second kappa shape index (κ2) is 7.56. The van der Waals surface area contributed by atoms with Gasteiger partial charge in [-0.05, 0) is 23.2 Å². The third-order valence-electron chi connectivity index (χ3n) is 3.46. The lowest BCUT2D eigenvalue weighted by Crippen LogP contribution is -2.35. The van der Waals surface area contributed by atoms with Crippen LogP contribution < -0.4 is 0 Å². The number of carbonyl (C=O) groups is 1. The molecule has 0 aromatic heterocycles. The molecule has 0 radical (unpaired) electrons. The molecule has 1 fully saturated rings. The molecular weight excluding hydrogens is 331 g/mol. The Balaban J connectivity index is 2.30. The molecule has 1 aliphatic heterocycles. The molecule has 2 atom stereocenters. The lowest BCUT2D eigenvalue weighted by atomic mass is 9.95. The van der Waals surface area contributed by atoms with Crippen molar-refractivity contribution in [1.82, 2.24) is 4.90 Å². The van der Waals surface area contributed by atoms with Gasteiger partial charge in [-0.15, -0.1) is 0 Å². The molecule has 2 unspecified atom stereocenters. The Kier molecular flexibility index (Phi) is 5.74. The number of benzene rings is 1. The maximum absolute atomic E-state index is 11.2. The largest absolute Gasteiger partial charge is 0.465 e. The summed E-state index contributed by atoms with van der Waals surface area (Å²) >= 11 is 11.9. The van der Waals surface area contributed by atoms with Gasteiger partial charge in [0, 0.05) is 30.5 Å². The fourth-order valence-corrected chi connectivity index (χ4v) is 2.73. The van der Waals surface area contributed by atoms with E-state index in [4.69, 9.17) is 33.5 Å². The van der Waals surface area contributed by atoms with E-state index in [9.17, 15) is 9.90 Å². The molecule has 0 saturated carbocycles. The van der Waals surface area contributed by atoms with Gasteiger partial charge in [-0.3, -0.25) is 0 Å². The predicted octanol–water partition coefficient (Wildman–Crippen LogP) is 3.97. The monoisotopic (exact) mass is 344 g/mol. The van der Waals surface area contributed by atoms with Gasteiger partial charge in [0.05, 0.1) is 22.8 Å². The average Bonchev–Trinajstić information content (AvgIpc) is 2.70. The topological polar surface area (TPSA) is 98.5 Å². The summed E-state index contributed by atoms with van der Waals surface area (Å²) in [5.74, 6) is -0.299. The highest BCUT2D eigenvalue weighted by molar-refractivity contribution is 6.42. The molecule has 1 aromatic carbocycles. The van der Waals surface area contributed by atoms with E-state index in [1.807, 2.05) is 0 Å². The van der Waals surface area contributed by atoms with Crippen LogP contribution >= 0.6 is 23.2 Å². The van der Waals surface area contributed by atoms with E-state index in [1.54, 1.807) is 18.2 Å². The predicted molar refractivity (Wildman–Crippen MR) is 82.3 cm³/mol. The lowest BCUT2D eigenvalue weighted by molar-refractivity contribution is 0.0331. The average molecular weight is 345 g/mol. The van der Waals surface area contributed by atoms with Crippen LogP contribution in [-0.2, 0) is 4.74 Å². The number of hydrogen-bond donors (Lipinski definition) is 1. The molecule has 0 bridgehead atoms. The summed E-state index contributed by atoms with van der Waals surface area (Å²) < 4.78 is 5.78. The third kappa shape index (κ3) is 3.96. The van der Waals surface area contributed by atoms with Crippen molar-refractivity contribution in [2.24, 2.45) is 11.0 Å². The van der Waals surface area contributed by atoms with Crippen molar-refractivity contribution in [2.45, 2.75) is 6.10 Å². The van der Waals surface area contributed by atoms with E-state index in [-0.39, 0.29) is 32.2 Å². The summed E-state index contributed by atoms with van der Waals surface area (Å²) in [5, 5.41) is 13.6. The Morgan fingerprint density at radius 1 is 1.50 bits per heavy atom. The van der Waals surface area contributed by atoms with Crippen LogP contribution in [0.15, 0.2) is 23.3 Å². The Labute approximate surface area is 137 Å². The maximum Gasteiger partial charge on any atom is 0.407 e. The molecular formula is C13H14Cl2N4O3. The van der Waals surface area contributed by atoms with Gasteiger partial charge >= 0.3 is 6.09 Å². The van der Waals surface area contributed by atoms with E-state index < -0.39 is 12.2 Å². The summed E-state index contributed by atoms with van der Waals surface area (Å²) in [6.07, 6.45) is -1.44. The molecule has 22 heavy (non-hydrogen) atoms. The van der Waals surface area contributed by atoms with Crippen LogP contribution in [0.5, 0.6) is 0 Å². The van der Waals surface area contributed by atoms with Crippen LogP contribution in [0.1, 0.15) is 11.7 Å². The zero-order valence-electron chi connectivity index (χ0n) is 11.5. The first-order chi connectivity index (χ1) is 10.5. The smallest absolute Gasteiger partial charge is 0.407 e. The van der Waals surface area contributed by atoms with Crippen molar-refractivity contribution >= 4 is 29.3 Å². The number of azide groups is 1. The second-order valence-electron chi connectivity index (χ2n) is 4.87. The van der Waals surface area contributed by atoms with Crippen LogP contribution in [0.2, 0.25) is 10.0 Å². The van der Waals surface area contributed by atoms with Gasteiger partial charge in [0.2, 0.25) is 0 Å². The van der Waals surface area contributed by atoms with Crippen LogP contribution in [0.4, 0.5) is 4.79 Å². The van der Waals surface area contributed by atoms with E-state index >= 15 is 0 Å². The highest BCUT2D eigenvalue weighted by Gasteiger charge is 2.31. The SMILES string of the molecule is [N-]=[N+]=NCC1CN(C(=O)O)CCOC1c1ccc(Cl)c(Cl)c1. The van der Waals surface area contributed by atoms with Crippen LogP contribution in [-0.4, -0.2) is 42.3 Å². The van der Waals surface area contributed by atoms with Gasteiger partial charge in [-0.25, -0.2) is 4.79 Å². The fraction of sp³-hybridized carbons (Fsp3) is 0.462. The number of halogens is 2. The van der Waals surface area contributed by atoms with E-state index in [0.29, 0.717) is 10.0 Å². The highest BCUT2D eigenvalue weighted by atomic mass is 35.5. The third-order valence-corrected chi connectivity index (χ3v) is 4.20. The van der Waals surface area contributed by atoms with Crippen molar-refractivity contribution in [2.75, 3.05) is 26.2 Å². The summed E-state index contributed by atoms with van der Waals surface area (Å²) in [5.41, 5.74) is 9.31. The first kappa shape index (κ1) is 16.7. The maximum atomic E-state index is 11.2. The summed E-state index contributed by atoms with van der Waals surface area (Å²) in [6, 6.07) is 5.12. The first-order valence-electron chi connectivity index (χ1n) is 6.58. The van der Waals surface area contributed by atoms with Crippen molar-refractivity contribution in [3.05, 3.63) is 44.3 Å². The number of carboxylic acid groups (broad SMARTS) is 1. The standard InChI is InChI=1S/C13H14Cl2N4O3/c14-10-2-1-8(5-11(10)15)12-9(6-17-18-16)7-19(13(20)21)3-4-22-12/h1-2,5,9,12H,3-4,6-7H2,(H,20,21). The van der Waals surface area contributed by atoms with Gasteiger partial charge in [0.25, 0.3) is 0 Å². The van der Waals surface area contributed by atoms with Crippen molar-refractivity contribution < 1.29 is 14.6 Å². The van der Waals surface area contributed by atoms with Crippen molar-refractivity contribution in [3.8, 4) is 0 Å². The number of rotatable bonds is 3. The molecule has 1 aliphatic rings. The van der Waals surface area contributed by atoms with Crippen LogP contribution in [0.3, 0.4) is 0 Å². The Bertz CT molecular complexity index is 607. The molecule has 2 rings (SSSR count). The summed E-state index contributed by atoms with van der Waals surface area (Å²) in [4.78, 5) is 15.2. The second-order valence-corrected chi connectivity index (χ2v) is 5.68. The lowest BCUT2D eigenvalue weighted by Gasteiger charge is -2.25. The van der Waals surface area contributed by atoms with Crippen LogP contribution in [0, 0.1) is 5.92 Å². The first-order valence-corrected chi connectivity index (χ1v) is 7.33. The quantitative estimate of drug-likeness (QED) is 0.510. The van der Waals surface area contributed by atoms with E-state index in [1.165, 1.54) is 4.90 Å². The molecule has 7 nitrogen and oxygen atoms in total. The molecule has 1 N–H and O–H groups in total. The molecule has 9 heteroatoms. The number of amides is 1. The molecule has 0 spiro atoms. The van der Waals surface area contributed by atoms with Gasteiger partial charge in [-0.1, -0.05) is 34.4 Å². The van der Waals surface area contributed by atoms with Gasteiger partial charge < -0.3 is 14.7 Å². The Morgan fingerprint density at radius 3 is 2.91 bits per heavy atom. The summed E-state index contributed by atoms with van der Waals surface area (Å²) in [7, 11) is 0. The molecule has 118 valence electrons. The summed E-state index contributed by atoms with van der Waals surface area (Å²) in [6.45, 7) is 0.869. The molecule has 1 saturated heterocycles.